The van der Waals surface area contributed by atoms with E-state index < -0.39 is 15.8 Å². The lowest BCUT2D eigenvalue weighted by molar-refractivity contribution is -0.117. The first-order valence-corrected chi connectivity index (χ1v) is 11.3. The van der Waals surface area contributed by atoms with Gasteiger partial charge in [0.25, 0.3) is 0 Å². The molecule has 0 aromatic heterocycles. The van der Waals surface area contributed by atoms with Gasteiger partial charge in [-0.15, -0.1) is 0 Å². The Balaban J connectivity index is 1.59. The van der Waals surface area contributed by atoms with Crippen LogP contribution in [0, 0.1) is 5.82 Å². The summed E-state index contributed by atoms with van der Waals surface area (Å²) in [7, 11) is -0.766. The summed E-state index contributed by atoms with van der Waals surface area (Å²) in [5.41, 5.74) is 0.422. The summed E-state index contributed by atoms with van der Waals surface area (Å²) >= 11 is 6.08. The van der Waals surface area contributed by atoms with E-state index in [4.69, 9.17) is 21.1 Å². The molecule has 2 aromatic rings. The lowest BCUT2D eigenvalue weighted by Gasteiger charge is -2.33. The number of methoxy groups -OCH3 is 2. The van der Waals surface area contributed by atoms with E-state index in [0.29, 0.717) is 35.3 Å². The van der Waals surface area contributed by atoms with Crippen LogP contribution in [-0.2, 0) is 14.8 Å². The number of amides is 1. The number of hydrogen-bond donors (Lipinski definition) is 1. The molecule has 1 saturated heterocycles. The molecule has 1 heterocycles. The second-order valence-corrected chi connectivity index (χ2v) is 9.21. The normalized spacial score (nSPS) is 15.5. The van der Waals surface area contributed by atoms with Gasteiger partial charge in [-0.3, -0.25) is 9.69 Å². The number of carbonyl (C=O) groups is 1. The van der Waals surface area contributed by atoms with Crippen LogP contribution in [0.5, 0.6) is 11.5 Å². The van der Waals surface area contributed by atoms with Crippen LogP contribution in [0.3, 0.4) is 0 Å². The zero-order valence-electron chi connectivity index (χ0n) is 17.1. The van der Waals surface area contributed by atoms with E-state index in [1.165, 1.54) is 30.7 Å². The quantitative estimate of drug-likeness (QED) is 0.667. The number of benzene rings is 2. The molecule has 0 bridgehead atoms. The summed E-state index contributed by atoms with van der Waals surface area (Å²) in [5, 5.41) is 3.13. The Morgan fingerprint density at radius 3 is 2.26 bits per heavy atom. The highest BCUT2D eigenvalue weighted by Crippen LogP contribution is 2.35. The minimum atomic E-state index is -3.70. The summed E-state index contributed by atoms with van der Waals surface area (Å²) < 4.78 is 50.2. The van der Waals surface area contributed by atoms with Crippen molar-refractivity contribution >= 4 is 33.2 Å². The summed E-state index contributed by atoms with van der Waals surface area (Å²) in [6.45, 7) is 1.30. The molecule has 0 spiro atoms. The Bertz CT molecular complexity index is 1040. The number of sulfonamides is 1. The Hall–Kier alpha value is -2.40. The molecular formula is C20H23ClFN3O5S. The maximum absolute atomic E-state index is 13.1. The Morgan fingerprint density at radius 1 is 1.06 bits per heavy atom. The molecule has 0 aliphatic carbocycles. The van der Waals surface area contributed by atoms with Crippen molar-refractivity contribution < 1.29 is 27.1 Å². The zero-order chi connectivity index (χ0) is 22.6. The smallest absolute Gasteiger partial charge is 0.243 e. The number of piperazine rings is 1. The van der Waals surface area contributed by atoms with Gasteiger partial charge in [-0.2, -0.15) is 4.31 Å². The van der Waals surface area contributed by atoms with Gasteiger partial charge in [-0.1, -0.05) is 11.6 Å². The molecule has 168 valence electrons. The van der Waals surface area contributed by atoms with Gasteiger partial charge >= 0.3 is 0 Å². The highest BCUT2D eigenvalue weighted by Gasteiger charge is 2.29. The minimum Gasteiger partial charge on any atom is -0.495 e. The maximum Gasteiger partial charge on any atom is 0.243 e. The summed E-state index contributed by atoms with van der Waals surface area (Å²) in [5.74, 6) is 0.0222. The number of rotatable bonds is 7. The van der Waals surface area contributed by atoms with Gasteiger partial charge in [-0.05, 0) is 24.3 Å². The molecule has 8 nitrogen and oxygen atoms in total. The van der Waals surface area contributed by atoms with Crippen LogP contribution in [0.1, 0.15) is 0 Å². The van der Waals surface area contributed by atoms with E-state index in [1.807, 2.05) is 4.90 Å². The molecule has 0 atom stereocenters. The topological polar surface area (TPSA) is 88.2 Å². The van der Waals surface area contributed by atoms with Gasteiger partial charge < -0.3 is 14.8 Å². The van der Waals surface area contributed by atoms with Gasteiger partial charge in [0, 0.05) is 38.3 Å². The number of anilines is 1. The molecule has 2 aromatic carbocycles. The molecule has 0 unspecified atom stereocenters. The first kappa shape index (κ1) is 23.3. The molecule has 1 aliphatic heterocycles. The molecular weight excluding hydrogens is 449 g/mol. The minimum absolute atomic E-state index is 0.0453. The third-order valence-electron chi connectivity index (χ3n) is 4.90. The SMILES string of the molecule is COc1cc(NC(=O)CN2CCN(S(=O)(=O)c3ccc(F)cc3)CC2)c(OC)cc1Cl. The van der Waals surface area contributed by atoms with Crippen LogP contribution in [0.4, 0.5) is 10.1 Å². The standard InChI is InChI=1S/C20H23ClFN3O5S/c1-29-18-12-17(19(30-2)11-16(18)21)23-20(26)13-24-7-9-25(10-8-24)31(27,28)15-5-3-14(22)4-6-15/h3-6,11-12H,7-10,13H2,1-2H3,(H,23,26). The van der Waals surface area contributed by atoms with Gasteiger partial charge in [0.15, 0.2) is 0 Å². The summed E-state index contributed by atoms with van der Waals surface area (Å²) in [4.78, 5) is 14.4. The predicted molar refractivity (Wildman–Crippen MR) is 115 cm³/mol. The fourth-order valence-electron chi connectivity index (χ4n) is 3.23. The third-order valence-corrected chi connectivity index (χ3v) is 7.11. The van der Waals surface area contributed by atoms with E-state index >= 15 is 0 Å². The number of ether oxygens (including phenoxy) is 2. The first-order chi connectivity index (χ1) is 14.7. The van der Waals surface area contributed by atoms with Gasteiger partial charge in [0.05, 0.1) is 36.4 Å². The number of hydrogen-bond acceptors (Lipinski definition) is 6. The van der Waals surface area contributed by atoms with Crippen molar-refractivity contribution in [3.05, 3.63) is 47.2 Å². The molecule has 1 amide bonds. The van der Waals surface area contributed by atoms with Crippen LogP contribution in [-0.4, -0.2) is 70.5 Å². The third kappa shape index (κ3) is 5.45. The molecule has 11 heteroatoms. The molecule has 1 N–H and O–H groups in total. The summed E-state index contributed by atoms with van der Waals surface area (Å²) in [6.07, 6.45) is 0. The molecule has 0 saturated carbocycles. The van der Waals surface area contributed by atoms with Crippen molar-refractivity contribution in [2.45, 2.75) is 4.90 Å². The van der Waals surface area contributed by atoms with Crippen molar-refractivity contribution in [2.75, 3.05) is 52.3 Å². The van der Waals surface area contributed by atoms with E-state index in [2.05, 4.69) is 5.32 Å². The van der Waals surface area contributed by atoms with Crippen LogP contribution in [0.25, 0.3) is 0 Å². The highest BCUT2D eigenvalue weighted by atomic mass is 35.5. The van der Waals surface area contributed by atoms with Crippen molar-refractivity contribution in [1.82, 2.24) is 9.21 Å². The van der Waals surface area contributed by atoms with E-state index in [-0.39, 0.29) is 30.4 Å². The van der Waals surface area contributed by atoms with E-state index in [9.17, 15) is 17.6 Å². The Morgan fingerprint density at radius 2 is 1.68 bits per heavy atom. The molecule has 1 fully saturated rings. The van der Waals surface area contributed by atoms with Crippen LogP contribution in [0.15, 0.2) is 41.3 Å². The highest BCUT2D eigenvalue weighted by molar-refractivity contribution is 7.89. The molecule has 3 rings (SSSR count). The Kier molecular flexibility index (Phi) is 7.37. The monoisotopic (exact) mass is 471 g/mol. The second-order valence-electron chi connectivity index (χ2n) is 6.87. The lowest BCUT2D eigenvalue weighted by Crippen LogP contribution is -2.50. The molecule has 1 aliphatic rings. The van der Waals surface area contributed by atoms with Crippen molar-refractivity contribution in [2.24, 2.45) is 0 Å². The van der Waals surface area contributed by atoms with Crippen molar-refractivity contribution in [3.8, 4) is 11.5 Å². The van der Waals surface area contributed by atoms with Crippen LogP contribution >= 0.6 is 11.6 Å². The van der Waals surface area contributed by atoms with E-state index in [1.54, 1.807) is 12.1 Å². The number of carbonyl (C=O) groups excluding carboxylic acids is 1. The Labute approximate surface area is 185 Å². The first-order valence-electron chi connectivity index (χ1n) is 9.44. The predicted octanol–water partition coefficient (Wildman–Crippen LogP) is 2.44. The van der Waals surface area contributed by atoms with Crippen LogP contribution < -0.4 is 14.8 Å². The van der Waals surface area contributed by atoms with Gasteiger partial charge in [0.1, 0.15) is 17.3 Å². The van der Waals surface area contributed by atoms with Crippen LogP contribution in [0.2, 0.25) is 5.02 Å². The average Bonchev–Trinajstić information content (AvgIpc) is 2.75. The van der Waals surface area contributed by atoms with Crippen molar-refractivity contribution in [1.29, 1.82) is 0 Å². The second kappa shape index (κ2) is 9.82. The molecule has 31 heavy (non-hydrogen) atoms. The summed E-state index contributed by atoms with van der Waals surface area (Å²) in [6, 6.07) is 7.86. The lowest BCUT2D eigenvalue weighted by atomic mass is 10.2. The fraction of sp³-hybridized carbons (Fsp3) is 0.350. The maximum atomic E-state index is 13.1. The largest absolute Gasteiger partial charge is 0.495 e. The van der Waals surface area contributed by atoms with E-state index in [0.717, 1.165) is 12.1 Å². The van der Waals surface area contributed by atoms with Crippen molar-refractivity contribution in [3.63, 3.8) is 0 Å². The zero-order valence-corrected chi connectivity index (χ0v) is 18.7. The fourth-order valence-corrected chi connectivity index (χ4v) is 4.89. The average molecular weight is 472 g/mol. The van der Waals surface area contributed by atoms with Gasteiger partial charge in [-0.25, -0.2) is 12.8 Å². The number of nitrogens with one attached hydrogen (secondary N) is 1. The molecule has 0 radical (unpaired) electrons. The number of halogens is 2. The van der Waals surface area contributed by atoms with Gasteiger partial charge in [0.2, 0.25) is 15.9 Å². The number of nitrogens with zero attached hydrogens (tertiary/aromatic N) is 2.